The number of carbonyl (C=O) groups is 1. The zero-order chi connectivity index (χ0) is 17.6. The highest BCUT2D eigenvalue weighted by Gasteiger charge is 2.30. The van der Waals surface area contributed by atoms with E-state index in [0.717, 1.165) is 30.7 Å². The zero-order valence-electron chi connectivity index (χ0n) is 14.1. The highest BCUT2D eigenvalue weighted by Crippen LogP contribution is 2.32. The summed E-state index contributed by atoms with van der Waals surface area (Å²) in [6, 6.07) is 16.9. The number of nitriles is 1. The molecule has 0 saturated carbocycles. The van der Waals surface area contributed by atoms with Crippen molar-refractivity contribution in [3.63, 3.8) is 0 Å². The molecule has 0 unspecified atom stereocenters. The molecular formula is C20H20N2O3. The Morgan fingerprint density at radius 2 is 2.00 bits per heavy atom. The molecule has 0 aliphatic carbocycles. The van der Waals surface area contributed by atoms with Crippen LogP contribution in [0.1, 0.15) is 30.0 Å². The van der Waals surface area contributed by atoms with Crippen molar-refractivity contribution in [2.24, 2.45) is 0 Å². The molecule has 1 atom stereocenters. The fourth-order valence-electron chi connectivity index (χ4n) is 3.15. The van der Waals surface area contributed by atoms with Crippen LogP contribution in [-0.4, -0.2) is 31.1 Å². The molecule has 128 valence electrons. The Labute approximate surface area is 147 Å². The lowest BCUT2D eigenvalue weighted by molar-refractivity contribution is -0.134. The number of likely N-dealkylation sites (tertiary alicyclic amines) is 1. The summed E-state index contributed by atoms with van der Waals surface area (Å²) in [5.41, 5.74) is 1.53. The van der Waals surface area contributed by atoms with E-state index in [2.05, 4.69) is 6.07 Å². The predicted octanol–water partition coefficient (Wildman–Crippen LogP) is 3.31. The molecule has 0 radical (unpaired) electrons. The van der Waals surface area contributed by atoms with E-state index in [1.54, 1.807) is 31.4 Å². The molecule has 2 aromatic rings. The first-order chi connectivity index (χ1) is 12.2. The van der Waals surface area contributed by atoms with E-state index < -0.39 is 0 Å². The van der Waals surface area contributed by atoms with Crippen LogP contribution in [0, 0.1) is 11.3 Å². The second kappa shape index (κ2) is 7.71. The molecular weight excluding hydrogens is 316 g/mol. The Bertz CT molecular complexity index is 780. The van der Waals surface area contributed by atoms with Gasteiger partial charge in [-0.05, 0) is 42.7 Å². The van der Waals surface area contributed by atoms with Crippen LogP contribution in [-0.2, 0) is 4.79 Å². The Balaban J connectivity index is 1.67. The minimum atomic E-state index is -0.0641. The van der Waals surface area contributed by atoms with Gasteiger partial charge in [-0.25, -0.2) is 0 Å². The van der Waals surface area contributed by atoms with Crippen LogP contribution in [0.15, 0.2) is 48.5 Å². The minimum absolute atomic E-state index is 0.0632. The first-order valence-corrected chi connectivity index (χ1v) is 8.28. The van der Waals surface area contributed by atoms with Crippen LogP contribution in [0.25, 0.3) is 0 Å². The number of amides is 1. The van der Waals surface area contributed by atoms with Gasteiger partial charge in [0.05, 0.1) is 18.7 Å². The molecule has 0 bridgehead atoms. The smallest absolute Gasteiger partial charge is 0.261 e. The summed E-state index contributed by atoms with van der Waals surface area (Å²) in [6.45, 7) is 0.657. The number of hydrogen-bond acceptors (Lipinski definition) is 4. The molecule has 25 heavy (non-hydrogen) atoms. The second-order valence-corrected chi connectivity index (χ2v) is 5.91. The van der Waals surface area contributed by atoms with Crippen LogP contribution in [0.2, 0.25) is 0 Å². The van der Waals surface area contributed by atoms with Gasteiger partial charge in [0.25, 0.3) is 5.91 Å². The van der Waals surface area contributed by atoms with Crippen molar-refractivity contribution in [3.05, 3.63) is 59.7 Å². The summed E-state index contributed by atoms with van der Waals surface area (Å²) in [5, 5.41) is 9.09. The number of carbonyl (C=O) groups excluding carboxylic acids is 1. The van der Waals surface area contributed by atoms with Crippen molar-refractivity contribution in [1.29, 1.82) is 5.26 Å². The first kappa shape index (κ1) is 16.8. The number of nitrogens with zero attached hydrogens (tertiary/aromatic N) is 2. The normalized spacial score (nSPS) is 16.3. The van der Waals surface area contributed by atoms with E-state index >= 15 is 0 Å². The SMILES string of the molecule is COc1ccc([C@H]2CCCN2C(=O)COc2ccccc2C#N)cc1. The van der Waals surface area contributed by atoms with Crippen LogP contribution < -0.4 is 9.47 Å². The average Bonchev–Trinajstić information content (AvgIpc) is 3.16. The van der Waals surface area contributed by atoms with Gasteiger partial charge < -0.3 is 14.4 Å². The summed E-state index contributed by atoms with van der Waals surface area (Å²) in [5.74, 6) is 1.18. The maximum Gasteiger partial charge on any atom is 0.261 e. The molecule has 1 amide bonds. The third-order valence-corrected chi connectivity index (χ3v) is 4.43. The van der Waals surface area contributed by atoms with E-state index in [9.17, 15) is 4.79 Å². The van der Waals surface area contributed by atoms with Crippen molar-refractivity contribution in [3.8, 4) is 17.6 Å². The summed E-state index contributed by atoms with van der Waals surface area (Å²) in [7, 11) is 1.64. The third-order valence-electron chi connectivity index (χ3n) is 4.43. The lowest BCUT2D eigenvalue weighted by Gasteiger charge is -2.25. The van der Waals surface area contributed by atoms with Crippen molar-refractivity contribution in [2.45, 2.75) is 18.9 Å². The summed E-state index contributed by atoms with van der Waals surface area (Å²) in [4.78, 5) is 14.5. The molecule has 1 saturated heterocycles. The van der Waals surface area contributed by atoms with Crippen molar-refractivity contribution < 1.29 is 14.3 Å². The molecule has 0 aromatic heterocycles. The fraction of sp³-hybridized carbons (Fsp3) is 0.300. The molecule has 1 heterocycles. The Hall–Kier alpha value is -3.00. The molecule has 1 fully saturated rings. The highest BCUT2D eigenvalue weighted by molar-refractivity contribution is 5.78. The molecule has 0 N–H and O–H groups in total. The number of rotatable bonds is 5. The van der Waals surface area contributed by atoms with E-state index in [0.29, 0.717) is 11.3 Å². The van der Waals surface area contributed by atoms with Gasteiger partial charge in [-0.3, -0.25) is 4.79 Å². The standard InChI is InChI=1S/C20H20N2O3/c1-24-17-10-8-15(9-11-17)18-6-4-12-22(18)20(23)14-25-19-7-3-2-5-16(19)13-21/h2-3,5,7-11,18H,4,6,12,14H2,1H3/t18-/m1/s1. The lowest BCUT2D eigenvalue weighted by atomic mass is 10.0. The average molecular weight is 336 g/mol. The monoisotopic (exact) mass is 336 g/mol. The number of ether oxygens (including phenoxy) is 2. The number of hydrogen-bond donors (Lipinski definition) is 0. The predicted molar refractivity (Wildman–Crippen MR) is 93.3 cm³/mol. The van der Waals surface area contributed by atoms with Gasteiger partial charge in [0.1, 0.15) is 17.6 Å². The van der Waals surface area contributed by atoms with Crippen LogP contribution in [0.3, 0.4) is 0 Å². The van der Waals surface area contributed by atoms with E-state index in [4.69, 9.17) is 14.7 Å². The number of para-hydroxylation sites is 1. The molecule has 2 aromatic carbocycles. The van der Waals surface area contributed by atoms with Crippen molar-refractivity contribution >= 4 is 5.91 Å². The second-order valence-electron chi connectivity index (χ2n) is 5.91. The van der Waals surface area contributed by atoms with Gasteiger partial charge in [-0.15, -0.1) is 0 Å². The minimum Gasteiger partial charge on any atom is -0.497 e. The molecule has 0 spiro atoms. The highest BCUT2D eigenvalue weighted by atomic mass is 16.5. The topological polar surface area (TPSA) is 62.6 Å². The Morgan fingerprint density at radius 1 is 1.24 bits per heavy atom. The van der Waals surface area contributed by atoms with Crippen LogP contribution in [0.4, 0.5) is 0 Å². The van der Waals surface area contributed by atoms with Gasteiger partial charge in [0.2, 0.25) is 0 Å². The molecule has 1 aliphatic heterocycles. The van der Waals surface area contributed by atoms with Crippen LogP contribution >= 0.6 is 0 Å². The number of benzene rings is 2. The quantitative estimate of drug-likeness (QED) is 0.840. The fourth-order valence-corrected chi connectivity index (χ4v) is 3.15. The van der Waals surface area contributed by atoms with Gasteiger partial charge in [-0.1, -0.05) is 24.3 Å². The zero-order valence-corrected chi connectivity index (χ0v) is 14.1. The van der Waals surface area contributed by atoms with E-state index in [-0.39, 0.29) is 18.6 Å². The first-order valence-electron chi connectivity index (χ1n) is 8.28. The molecule has 3 rings (SSSR count). The third kappa shape index (κ3) is 3.74. The van der Waals surface area contributed by atoms with Crippen molar-refractivity contribution in [2.75, 3.05) is 20.3 Å². The molecule has 1 aliphatic rings. The largest absolute Gasteiger partial charge is 0.497 e. The molecule has 5 nitrogen and oxygen atoms in total. The Kier molecular flexibility index (Phi) is 5.20. The van der Waals surface area contributed by atoms with Gasteiger partial charge in [0.15, 0.2) is 6.61 Å². The molecule has 5 heteroatoms. The number of methoxy groups -OCH3 is 1. The maximum absolute atomic E-state index is 12.6. The lowest BCUT2D eigenvalue weighted by Crippen LogP contribution is -2.34. The summed E-state index contributed by atoms with van der Waals surface area (Å²) in [6.07, 6.45) is 1.91. The van der Waals surface area contributed by atoms with Gasteiger partial charge >= 0.3 is 0 Å². The van der Waals surface area contributed by atoms with Crippen molar-refractivity contribution in [1.82, 2.24) is 4.90 Å². The van der Waals surface area contributed by atoms with Gasteiger partial charge in [0, 0.05) is 6.54 Å². The van der Waals surface area contributed by atoms with E-state index in [1.807, 2.05) is 29.2 Å². The van der Waals surface area contributed by atoms with Gasteiger partial charge in [-0.2, -0.15) is 5.26 Å². The Morgan fingerprint density at radius 3 is 2.72 bits per heavy atom. The summed E-state index contributed by atoms with van der Waals surface area (Å²) >= 11 is 0. The van der Waals surface area contributed by atoms with Crippen LogP contribution in [0.5, 0.6) is 11.5 Å². The van der Waals surface area contributed by atoms with E-state index in [1.165, 1.54) is 0 Å². The summed E-state index contributed by atoms with van der Waals surface area (Å²) < 4.78 is 10.8. The maximum atomic E-state index is 12.6.